The maximum Gasteiger partial charge on any atom is 0.223 e. The fourth-order valence-corrected chi connectivity index (χ4v) is 1.74. The van der Waals surface area contributed by atoms with Gasteiger partial charge in [0.15, 0.2) is 0 Å². The molecule has 0 saturated heterocycles. The van der Waals surface area contributed by atoms with Crippen molar-refractivity contribution < 1.29 is 4.79 Å². The minimum Gasteiger partial charge on any atom is -0.336 e. The lowest BCUT2D eigenvalue weighted by Gasteiger charge is -2.27. The standard InChI is InChI=1S/C14H22N2O/c1-12(2)16(14(17)9-6-10-15)11-13-7-4-3-5-8-13/h3-5,7-8,12H,6,9-11,15H2,1-2H3. The van der Waals surface area contributed by atoms with Gasteiger partial charge in [-0.3, -0.25) is 4.79 Å². The van der Waals surface area contributed by atoms with Crippen LogP contribution in [0.2, 0.25) is 0 Å². The van der Waals surface area contributed by atoms with Crippen molar-refractivity contribution in [2.75, 3.05) is 6.54 Å². The summed E-state index contributed by atoms with van der Waals surface area (Å²) in [6.45, 7) is 5.34. The first-order chi connectivity index (χ1) is 8.15. The maximum atomic E-state index is 12.0. The summed E-state index contributed by atoms with van der Waals surface area (Å²) in [5.41, 5.74) is 6.60. The zero-order valence-corrected chi connectivity index (χ0v) is 10.7. The Morgan fingerprint density at radius 1 is 1.29 bits per heavy atom. The fraction of sp³-hybridized carbons (Fsp3) is 0.500. The maximum absolute atomic E-state index is 12.0. The third-order valence-electron chi connectivity index (χ3n) is 2.73. The third kappa shape index (κ3) is 4.57. The molecule has 0 saturated carbocycles. The molecule has 1 aromatic carbocycles. The minimum absolute atomic E-state index is 0.189. The zero-order valence-electron chi connectivity index (χ0n) is 10.7. The molecule has 0 radical (unpaired) electrons. The Morgan fingerprint density at radius 2 is 1.94 bits per heavy atom. The zero-order chi connectivity index (χ0) is 12.7. The number of nitrogens with two attached hydrogens (primary N) is 1. The van der Waals surface area contributed by atoms with Gasteiger partial charge < -0.3 is 10.6 Å². The lowest BCUT2D eigenvalue weighted by atomic mass is 10.1. The number of carbonyl (C=O) groups excluding carboxylic acids is 1. The molecule has 0 aliphatic heterocycles. The van der Waals surface area contributed by atoms with Crippen molar-refractivity contribution in [3.8, 4) is 0 Å². The molecule has 0 bridgehead atoms. The van der Waals surface area contributed by atoms with Gasteiger partial charge >= 0.3 is 0 Å². The number of benzene rings is 1. The van der Waals surface area contributed by atoms with Crippen molar-refractivity contribution in [2.24, 2.45) is 5.73 Å². The molecule has 0 aromatic heterocycles. The van der Waals surface area contributed by atoms with Gasteiger partial charge in [0.05, 0.1) is 0 Å². The lowest BCUT2D eigenvalue weighted by Crippen LogP contribution is -2.36. The highest BCUT2D eigenvalue weighted by molar-refractivity contribution is 5.76. The number of nitrogens with zero attached hydrogens (tertiary/aromatic N) is 1. The van der Waals surface area contributed by atoms with Gasteiger partial charge in [0.2, 0.25) is 5.91 Å². The predicted molar refractivity (Wildman–Crippen MR) is 70.4 cm³/mol. The Hall–Kier alpha value is -1.35. The molecule has 0 aliphatic rings. The summed E-state index contributed by atoms with van der Waals surface area (Å²) in [5, 5.41) is 0. The molecule has 3 heteroatoms. The van der Waals surface area contributed by atoms with Gasteiger partial charge in [0, 0.05) is 19.0 Å². The van der Waals surface area contributed by atoms with E-state index in [1.165, 1.54) is 5.56 Å². The molecular weight excluding hydrogens is 212 g/mol. The average molecular weight is 234 g/mol. The summed E-state index contributed by atoms with van der Waals surface area (Å²) in [6.07, 6.45) is 1.30. The molecule has 0 aliphatic carbocycles. The smallest absolute Gasteiger partial charge is 0.223 e. The topological polar surface area (TPSA) is 46.3 Å². The van der Waals surface area contributed by atoms with Crippen LogP contribution in [0.4, 0.5) is 0 Å². The third-order valence-corrected chi connectivity index (χ3v) is 2.73. The lowest BCUT2D eigenvalue weighted by molar-refractivity contribution is -0.133. The number of amides is 1. The van der Waals surface area contributed by atoms with Crippen LogP contribution in [0.1, 0.15) is 32.3 Å². The summed E-state index contributed by atoms with van der Waals surface area (Å²) in [5.74, 6) is 0.189. The van der Waals surface area contributed by atoms with Crippen molar-refractivity contribution in [3.63, 3.8) is 0 Å². The van der Waals surface area contributed by atoms with Crippen LogP contribution in [-0.4, -0.2) is 23.4 Å². The van der Waals surface area contributed by atoms with Crippen LogP contribution in [0.3, 0.4) is 0 Å². The molecule has 1 aromatic rings. The first kappa shape index (κ1) is 13.7. The molecule has 94 valence electrons. The average Bonchev–Trinajstić information content (AvgIpc) is 2.34. The Kier molecular flexibility index (Phi) is 5.70. The SMILES string of the molecule is CC(C)N(Cc1ccccc1)C(=O)CCCN. The monoisotopic (exact) mass is 234 g/mol. The molecule has 0 unspecified atom stereocenters. The van der Waals surface area contributed by atoms with Crippen molar-refractivity contribution in [1.29, 1.82) is 0 Å². The van der Waals surface area contributed by atoms with Crippen LogP contribution in [0.25, 0.3) is 0 Å². The van der Waals surface area contributed by atoms with Crippen molar-refractivity contribution >= 4 is 5.91 Å². The van der Waals surface area contributed by atoms with E-state index in [2.05, 4.69) is 0 Å². The summed E-state index contributed by atoms with van der Waals surface area (Å²) in [4.78, 5) is 13.9. The van der Waals surface area contributed by atoms with E-state index in [1.54, 1.807) is 0 Å². The van der Waals surface area contributed by atoms with E-state index in [-0.39, 0.29) is 11.9 Å². The van der Waals surface area contributed by atoms with Crippen LogP contribution >= 0.6 is 0 Å². The minimum atomic E-state index is 0.189. The first-order valence-corrected chi connectivity index (χ1v) is 6.18. The van der Waals surface area contributed by atoms with Crippen LogP contribution < -0.4 is 5.73 Å². The highest BCUT2D eigenvalue weighted by Crippen LogP contribution is 2.10. The second-order valence-corrected chi connectivity index (χ2v) is 4.49. The Morgan fingerprint density at radius 3 is 2.47 bits per heavy atom. The van der Waals surface area contributed by atoms with Gasteiger partial charge in [-0.25, -0.2) is 0 Å². The molecule has 17 heavy (non-hydrogen) atoms. The molecule has 0 atom stereocenters. The molecule has 2 N–H and O–H groups in total. The normalized spacial score (nSPS) is 10.6. The quantitative estimate of drug-likeness (QED) is 0.820. The van der Waals surface area contributed by atoms with Gasteiger partial charge in [0.1, 0.15) is 0 Å². The van der Waals surface area contributed by atoms with Crippen molar-refractivity contribution in [1.82, 2.24) is 4.90 Å². The van der Waals surface area contributed by atoms with E-state index >= 15 is 0 Å². The van der Waals surface area contributed by atoms with Gasteiger partial charge in [0.25, 0.3) is 0 Å². The van der Waals surface area contributed by atoms with Crippen molar-refractivity contribution in [3.05, 3.63) is 35.9 Å². The second-order valence-electron chi connectivity index (χ2n) is 4.49. The number of rotatable bonds is 6. The van der Waals surface area contributed by atoms with E-state index in [4.69, 9.17) is 5.73 Å². The number of carbonyl (C=O) groups is 1. The molecule has 0 spiro atoms. The van der Waals surface area contributed by atoms with Gasteiger partial charge in [-0.1, -0.05) is 30.3 Å². The number of hydrogen-bond acceptors (Lipinski definition) is 2. The summed E-state index contributed by atoms with van der Waals surface area (Å²) >= 11 is 0. The highest BCUT2D eigenvalue weighted by Gasteiger charge is 2.16. The first-order valence-electron chi connectivity index (χ1n) is 6.18. The molecule has 3 nitrogen and oxygen atoms in total. The Bertz CT molecular complexity index is 335. The summed E-state index contributed by atoms with van der Waals surface area (Å²) in [7, 11) is 0. The van der Waals surface area contributed by atoms with Gasteiger partial charge in [-0.05, 0) is 32.4 Å². The molecule has 1 rings (SSSR count). The van der Waals surface area contributed by atoms with Crippen molar-refractivity contribution in [2.45, 2.75) is 39.3 Å². The predicted octanol–water partition coefficient (Wildman–Crippen LogP) is 2.16. The van der Waals surface area contributed by atoms with Gasteiger partial charge in [-0.2, -0.15) is 0 Å². The summed E-state index contributed by atoms with van der Waals surface area (Å²) in [6, 6.07) is 10.3. The molecule has 1 amide bonds. The van der Waals surface area contributed by atoms with E-state index in [0.29, 0.717) is 19.5 Å². The Labute approximate surface area is 104 Å². The molecular formula is C14H22N2O. The van der Waals surface area contributed by atoms with Crippen LogP contribution in [0.5, 0.6) is 0 Å². The molecule has 0 fully saturated rings. The van der Waals surface area contributed by atoms with Gasteiger partial charge in [-0.15, -0.1) is 0 Å². The van der Waals surface area contributed by atoms with E-state index in [1.807, 2.05) is 49.1 Å². The molecule has 0 heterocycles. The van der Waals surface area contributed by atoms with Crippen LogP contribution in [0, 0.1) is 0 Å². The second kappa shape index (κ2) is 7.07. The van der Waals surface area contributed by atoms with E-state index in [0.717, 1.165) is 6.42 Å². The fourth-order valence-electron chi connectivity index (χ4n) is 1.74. The van der Waals surface area contributed by atoms with E-state index in [9.17, 15) is 4.79 Å². The van der Waals surface area contributed by atoms with E-state index < -0.39 is 0 Å². The highest BCUT2D eigenvalue weighted by atomic mass is 16.2. The summed E-state index contributed by atoms with van der Waals surface area (Å²) < 4.78 is 0. The Balaban J connectivity index is 2.63. The largest absolute Gasteiger partial charge is 0.336 e. The van der Waals surface area contributed by atoms with Crippen LogP contribution in [-0.2, 0) is 11.3 Å². The number of hydrogen-bond donors (Lipinski definition) is 1. The van der Waals surface area contributed by atoms with Crippen LogP contribution in [0.15, 0.2) is 30.3 Å².